The molecule has 0 atom stereocenters. The van der Waals surface area contributed by atoms with E-state index in [0.29, 0.717) is 0 Å². The van der Waals surface area contributed by atoms with Crippen LogP contribution in [0.15, 0.2) is 24.6 Å². The van der Waals surface area contributed by atoms with Crippen LogP contribution in [-0.4, -0.2) is 11.9 Å². The van der Waals surface area contributed by atoms with Gasteiger partial charge in [0.2, 0.25) is 0 Å². The Balaban J connectivity index is 3.41. The molecule has 0 aliphatic carbocycles. The summed E-state index contributed by atoms with van der Waals surface area (Å²) in [6.45, 7) is 4.52. The molecule has 0 unspecified atom stereocenters. The van der Waals surface area contributed by atoms with Gasteiger partial charge in [-0.1, -0.05) is 64.5 Å². The number of hydrogen-bond donors (Lipinski definition) is 0. The van der Waals surface area contributed by atoms with E-state index in [-0.39, 0.29) is 0 Å². The maximum Gasteiger partial charge on any atom is 0.0106 e. The lowest BCUT2D eigenvalue weighted by atomic mass is 10.1. The molecule has 0 N–H and O–H groups in total. The lowest BCUT2D eigenvalue weighted by molar-refractivity contribution is 0.608. The molecule has 1 heteroatoms. The maximum atomic E-state index is 2.29. The number of unbranched alkanes of at least 4 members (excludes halogenated alkanes) is 8. The summed E-state index contributed by atoms with van der Waals surface area (Å²) in [6.07, 6.45) is 22.2. The van der Waals surface area contributed by atoms with Gasteiger partial charge < -0.3 is 4.90 Å². The summed E-state index contributed by atoms with van der Waals surface area (Å²) in [5.74, 6) is 0. The van der Waals surface area contributed by atoms with Gasteiger partial charge in [0.05, 0.1) is 0 Å². The summed E-state index contributed by atoms with van der Waals surface area (Å²) in [5.41, 5.74) is 0. The first-order chi connectivity index (χ1) is 8.81. The topological polar surface area (TPSA) is 3.24 Å². The third kappa shape index (κ3) is 13.3. The Morgan fingerprint density at radius 2 is 1.11 bits per heavy atom. The Morgan fingerprint density at radius 1 is 0.667 bits per heavy atom. The highest BCUT2D eigenvalue weighted by Crippen LogP contribution is 2.05. The van der Waals surface area contributed by atoms with Crippen LogP contribution in [0.25, 0.3) is 0 Å². The Hall–Kier alpha value is -0.720. The standard InChI is InChI=1S/C17H33N/c1-4-6-8-10-12-14-16-18(3)17-15-13-11-9-7-5-2/h14-17H,4-13H2,1-3H3/b16-14+,17-15+. The number of allylic oxidation sites excluding steroid dienone is 2. The van der Waals surface area contributed by atoms with Crippen molar-refractivity contribution in [1.29, 1.82) is 0 Å². The van der Waals surface area contributed by atoms with E-state index >= 15 is 0 Å². The minimum Gasteiger partial charge on any atom is -0.358 e. The second kappa shape index (κ2) is 14.3. The summed E-state index contributed by atoms with van der Waals surface area (Å²) in [4.78, 5) is 2.17. The van der Waals surface area contributed by atoms with Gasteiger partial charge in [-0.05, 0) is 38.1 Å². The molecule has 0 aliphatic heterocycles. The molecule has 0 amide bonds. The third-order valence-electron chi connectivity index (χ3n) is 3.13. The molecule has 106 valence electrons. The molecule has 0 saturated carbocycles. The summed E-state index contributed by atoms with van der Waals surface area (Å²) < 4.78 is 0. The van der Waals surface area contributed by atoms with Crippen molar-refractivity contribution in [2.75, 3.05) is 7.05 Å². The minimum atomic E-state index is 1.22. The van der Waals surface area contributed by atoms with Crippen LogP contribution in [-0.2, 0) is 0 Å². The van der Waals surface area contributed by atoms with E-state index in [2.05, 4.69) is 50.3 Å². The van der Waals surface area contributed by atoms with Crippen LogP contribution >= 0.6 is 0 Å². The van der Waals surface area contributed by atoms with Crippen LogP contribution < -0.4 is 0 Å². The van der Waals surface area contributed by atoms with Crippen molar-refractivity contribution in [3.05, 3.63) is 24.6 Å². The Morgan fingerprint density at radius 3 is 1.50 bits per heavy atom. The molecule has 0 bridgehead atoms. The highest BCUT2D eigenvalue weighted by atomic mass is 15.0. The van der Waals surface area contributed by atoms with E-state index in [0.717, 1.165) is 0 Å². The lowest BCUT2D eigenvalue weighted by Crippen LogP contribution is -1.99. The van der Waals surface area contributed by atoms with Gasteiger partial charge in [0.15, 0.2) is 0 Å². The van der Waals surface area contributed by atoms with Crippen LogP contribution in [0.1, 0.15) is 78.1 Å². The minimum absolute atomic E-state index is 1.22. The normalized spacial score (nSPS) is 11.7. The smallest absolute Gasteiger partial charge is 0.0106 e. The van der Waals surface area contributed by atoms with Crippen LogP contribution in [0.2, 0.25) is 0 Å². The summed E-state index contributed by atoms with van der Waals surface area (Å²) in [6, 6.07) is 0. The van der Waals surface area contributed by atoms with Gasteiger partial charge >= 0.3 is 0 Å². The Kier molecular flexibility index (Phi) is 13.8. The van der Waals surface area contributed by atoms with Crippen molar-refractivity contribution in [3.8, 4) is 0 Å². The van der Waals surface area contributed by atoms with E-state index in [9.17, 15) is 0 Å². The van der Waals surface area contributed by atoms with E-state index < -0.39 is 0 Å². The van der Waals surface area contributed by atoms with Crippen molar-refractivity contribution < 1.29 is 0 Å². The van der Waals surface area contributed by atoms with Crippen LogP contribution in [0.5, 0.6) is 0 Å². The van der Waals surface area contributed by atoms with Crippen molar-refractivity contribution in [1.82, 2.24) is 4.90 Å². The second-order valence-electron chi connectivity index (χ2n) is 5.13. The van der Waals surface area contributed by atoms with E-state index in [4.69, 9.17) is 0 Å². The largest absolute Gasteiger partial charge is 0.358 e. The third-order valence-corrected chi connectivity index (χ3v) is 3.13. The molecule has 18 heavy (non-hydrogen) atoms. The summed E-state index contributed by atoms with van der Waals surface area (Å²) >= 11 is 0. The zero-order valence-corrected chi connectivity index (χ0v) is 12.8. The highest BCUT2D eigenvalue weighted by Gasteiger charge is 1.87. The Bertz CT molecular complexity index is 184. The molecule has 0 heterocycles. The summed E-state index contributed by atoms with van der Waals surface area (Å²) in [5, 5.41) is 0. The van der Waals surface area contributed by atoms with E-state index in [1.54, 1.807) is 0 Å². The molecule has 0 fully saturated rings. The molecule has 0 aromatic rings. The predicted molar refractivity (Wildman–Crippen MR) is 83.6 cm³/mol. The molecule has 0 aliphatic rings. The first kappa shape index (κ1) is 17.3. The molecule has 0 saturated heterocycles. The molecule has 0 aromatic carbocycles. The van der Waals surface area contributed by atoms with Crippen LogP contribution in [0.3, 0.4) is 0 Å². The predicted octanol–water partition coefficient (Wildman–Crippen LogP) is 5.89. The fourth-order valence-electron chi connectivity index (χ4n) is 1.91. The molecule has 0 rings (SSSR count). The molecule has 0 spiro atoms. The quantitative estimate of drug-likeness (QED) is 0.391. The van der Waals surface area contributed by atoms with Crippen LogP contribution in [0.4, 0.5) is 0 Å². The van der Waals surface area contributed by atoms with E-state index in [1.165, 1.54) is 64.2 Å². The molecule has 0 aromatic heterocycles. The number of hydrogen-bond acceptors (Lipinski definition) is 1. The van der Waals surface area contributed by atoms with E-state index in [1.807, 2.05) is 0 Å². The highest BCUT2D eigenvalue weighted by molar-refractivity contribution is 4.90. The van der Waals surface area contributed by atoms with Gasteiger partial charge in [-0.3, -0.25) is 0 Å². The SMILES string of the molecule is CCCCCC/C=C/N(C)/C=C/CCCCCC. The molecule has 0 radical (unpaired) electrons. The van der Waals surface area contributed by atoms with Crippen molar-refractivity contribution in [2.45, 2.75) is 78.1 Å². The van der Waals surface area contributed by atoms with Gasteiger partial charge in [-0.25, -0.2) is 0 Å². The number of rotatable bonds is 12. The fourth-order valence-corrected chi connectivity index (χ4v) is 1.91. The van der Waals surface area contributed by atoms with Crippen molar-refractivity contribution >= 4 is 0 Å². The zero-order chi connectivity index (χ0) is 13.5. The average molecular weight is 251 g/mol. The van der Waals surface area contributed by atoms with Gasteiger partial charge in [0.25, 0.3) is 0 Å². The lowest BCUT2D eigenvalue weighted by Gasteiger charge is -2.06. The van der Waals surface area contributed by atoms with Crippen molar-refractivity contribution in [3.63, 3.8) is 0 Å². The number of nitrogens with zero attached hydrogens (tertiary/aromatic N) is 1. The molecule has 1 nitrogen and oxygen atoms in total. The maximum absolute atomic E-state index is 2.29. The average Bonchev–Trinajstić information content (AvgIpc) is 2.38. The molecular formula is C17H33N. The van der Waals surface area contributed by atoms with Gasteiger partial charge in [0, 0.05) is 7.05 Å². The fraction of sp³-hybridized carbons (Fsp3) is 0.765. The molecular weight excluding hydrogens is 218 g/mol. The van der Waals surface area contributed by atoms with Gasteiger partial charge in [-0.15, -0.1) is 0 Å². The van der Waals surface area contributed by atoms with Gasteiger partial charge in [0.1, 0.15) is 0 Å². The zero-order valence-electron chi connectivity index (χ0n) is 12.8. The monoisotopic (exact) mass is 251 g/mol. The first-order valence-corrected chi connectivity index (χ1v) is 7.86. The second-order valence-corrected chi connectivity index (χ2v) is 5.13. The Labute approximate surface area is 115 Å². The summed E-state index contributed by atoms with van der Waals surface area (Å²) in [7, 11) is 2.12. The van der Waals surface area contributed by atoms with Crippen LogP contribution in [0, 0.1) is 0 Å². The van der Waals surface area contributed by atoms with Gasteiger partial charge in [-0.2, -0.15) is 0 Å². The first-order valence-electron chi connectivity index (χ1n) is 7.86. The van der Waals surface area contributed by atoms with Crippen molar-refractivity contribution in [2.24, 2.45) is 0 Å².